The Morgan fingerprint density at radius 2 is 1.43 bits per heavy atom. The van der Waals surface area contributed by atoms with Crippen LogP contribution >= 0.6 is 0 Å². The van der Waals surface area contributed by atoms with E-state index in [0.717, 1.165) is 11.8 Å². The van der Waals surface area contributed by atoms with Gasteiger partial charge in [-0.15, -0.1) is 0 Å². The van der Waals surface area contributed by atoms with E-state index in [1.165, 1.54) is 64.2 Å². The van der Waals surface area contributed by atoms with Crippen molar-refractivity contribution in [3.05, 3.63) is 0 Å². The fourth-order valence-corrected chi connectivity index (χ4v) is 3.07. The van der Waals surface area contributed by atoms with Crippen molar-refractivity contribution >= 4 is 0 Å². The van der Waals surface area contributed by atoms with Crippen LogP contribution in [0.1, 0.15) is 78.1 Å². The largest absolute Gasteiger partial charge is 0.0654 e. The van der Waals surface area contributed by atoms with Gasteiger partial charge in [0.15, 0.2) is 0 Å². The van der Waals surface area contributed by atoms with Crippen molar-refractivity contribution in [2.24, 2.45) is 11.8 Å². The van der Waals surface area contributed by atoms with Crippen molar-refractivity contribution in [3.8, 4) is 0 Å². The lowest BCUT2D eigenvalue weighted by Gasteiger charge is -2.31. The normalized spacial score (nSPS) is 27.9. The van der Waals surface area contributed by atoms with Crippen LogP contribution in [0, 0.1) is 11.8 Å². The Balaban J connectivity index is 2.22. The lowest BCUT2D eigenvalue weighted by molar-refractivity contribution is 0.206. The minimum Gasteiger partial charge on any atom is -0.0654 e. The molecule has 1 saturated carbocycles. The molecule has 2 atom stereocenters. The molecule has 1 aliphatic carbocycles. The first kappa shape index (κ1) is 12.1. The highest BCUT2D eigenvalue weighted by Gasteiger charge is 2.23. The molecule has 2 unspecified atom stereocenters. The minimum atomic E-state index is 1.09. The maximum Gasteiger partial charge on any atom is -0.0386 e. The Labute approximate surface area is 90.5 Å². The van der Waals surface area contributed by atoms with Gasteiger partial charge < -0.3 is 0 Å². The Morgan fingerprint density at radius 3 is 2.00 bits per heavy atom. The molecule has 1 aliphatic rings. The zero-order valence-corrected chi connectivity index (χ0v) is 10.2. The number of unbranched alkanes of at least 4 members (excludes halogenated alkanes) is 2. The van der Waals surface area contributed by atoms with Gasteiger partial charge in [0.2, 0.25) is 0 Å². The molecule has 0 radical (unpaired) electrons. The molecule has 0 heteroatoms. The molecule has 0 nitrogen and oxygen atoms in total. The van der Waals surface area contributed by atoms with Gasteiger partial charge >= 0.3 is 0 Å². The summed E-state index contributed by atoms with van der Waals surface area (Å²) in [5.74, 6) is 2.18. The standard InChI is InChI=1S/C14H28/c1-3-5-6-10-14-12-8-7-11-13(14)9-4-2/h13-14H,3-12H2,1-2H3. The van der Waals surface area contributed by atoms with Gasteiger partial charge in [0, 0.05) is 0 Å². The fourth-order valence-electron chi connectivity index (χ4n) is 3.07. The van der Waals surface area contributed by atoms with Crippen molar-refractivity contribution < 1.29 is 0 Å². The van der Waals surface area contributed by atoms with Gasteiger partial charge in [0.05, 0.1) is 0 Å². The van der Waals surface area contributed by atoms with Gasteiger partial charge in [-0.1, -0.05) is 78.1 Å². The predicted octanol–water partition coefficient (Wildman–Crippen LogP) is 5.17. The molecule has 0 spiro atoms. The van der Waals surface area contributed by atoms with E-state index in [1.807, 2.05) is 0 Å². The summed E-state index contributed by atoms with van der Waals surface area (Å²) in [6.45, 7) is 4.65. The molecule has 0 aliphatic heterocycles. The smallest absolute Gasteiger partial charge is 0.0386 e. The molecule has 0 saturated heterocycles. The van der Waals surface area contributed by atoms with Crippen molar-refractivity contribution in [2.75, 3.05) is 0 Å². The van der Waals surface area contributed by atoms with E-state index < -0.39 is 0 Å². The number of rotatable bonds is 6. The second kappa shape index (κ2) is 7.31. The maximum absolute atomic E-state index is 2.34. The van der Waals surface area contributed by atoms with E-state index >= 15 is 0 Å². The van der Waals surface area contributed by atoms with E-state index in [1.54, 1.807) is 0 Å². The van der Waals surface area contributed by atoms with Gasteiger partial charge in [-0.2, -0.15) is 0 Å². The zero-order chi connectivity index (χ0) is 10.2. The molecule has 84 valence electrons. The highest BCUT2D eigenvalue weighted by molar-refractivity contribution is 4.75. The van der Waals surface area contributed by atoms with Gasteiger partial charge in [0.1, 0.15) is 0 Å². The third-order valence-corrected chi connectivity index (χ3v) is 3.90. The molecule has 0 heterocycles. The summed E-state index contributed by atoms with van der Waals surface area (Å²) in [5, 5.41) is 0. The fraction of sp³-hybridized carbons (Fsp3) is 1.00. The quantitative estimate of drug-likeness (QED) is 0.514. The minimum absolute atomic E-state index is 1.09. The third kappa shape index (κ3) is 4.02. The molecular weight excluding hydrogens is 168 g/mol. The van der Waals surface area contributed by atoms with Crippen LogP contribution in [-0.2, 0) is 0 Å². The average Bonchev–Trinajstić information content (AvgIpc) is 2.21. The Hall–Kier alpha value is 0. The summed E-state index contributed by atoms with van der Waals surface area (Å²) < 4.78 is 0. The lowest BCUT2D eigenvalue weighted by atomic mass is 9.75. The predicted molar refractivity (Wildman–Crippen MR) is 64.5 cm³/mol. The summed E-state index contributed by atoms with van der Waals surface area (Å²) in [5.41, 5.74) is 0. The lowest BCUT2D eigenvalue weighted by Crippen LogP contribution is -2.19. The van der Waals surface area contributed by atoms with Crippen molar-refractivity contribution in [1.29, 1.82) is 0 Å². The van der Waals surface area contributed by atoms with E-state index in [4.69, 9.17) is 0 Å². The van der Waals surface area contributed by atoms with Crippen LogP contribution in [-0.4, -0.2) is 0 Å². The first-order valence-corrected chi connectivity index (χ1v) is 6.88. The van der Waals surface area contributed by atoms with Crippen LogP contribution in [0.25, 0.3) is 0 Å². The molecule has 0 aromatic heterocycles. The van der Waals surface area contributed by atoms with E-state index in [2.05, 4.69) is 13.8 Å². The summed E-state index contributed by atoms with van der Waals surface area (Å²) in [6.07, 6.45) is 14.8. The van der Waals surface area contributed by atoms with Crippen LogP contribution < -0.4 is 0 Å². The molecule has 0 N–H and O–H groups in total. The maximum atomic E-state index is 2.34. The van der Waals surface area contributed by atoms with E-state index in [9.17, 15) is 0 Å². The molecule has 0 amide bonds. The Kier molecular flexibility index (Phi) is 6.31. The third-order valence-electron chi connectivity index (χ3n) is 3.90. The van der Waals surface area contributed by atoms with Crippen molar-refractivity contribution in [2.45, 2.75) is 78.1 Å². The highest BCUT2D eigenvalue weighted by atomic mass is 14.3. The topological polar surface area (TPSA) is 0 Å². The van der Waals surface area contributed by atoms with Gasteiger partial charge in [-0.05, 0) is 11.8 Å². The van der Waals surface area contributed by atoms with Gasteiger partial charge in [-0.3, -0.25) is 0 Å². The molecule has 14 heavy (non-hydrogen) atoms. The molecular formula is C14H28. The van der Waals surface area contributed by atoms with Gasteiger partial charge in [0.25, 0.3) is 0 Å². The second-order valence-corrected chi connectivity index (χ2v) is 5.09. The van der Waals surface area contributed by atoms with Crippen LogP contribution in [0.3, 0.4) is 0 Å². The summed E-state index contributed by atoms with van der Waals surface area (Å²) in [4.78, 5) is 0. The van der Waals surface area contributed by atoms with E-state index in [0.29, 0.717) is 0 Å². The second-order valence-electron chi connectivity index (χ2n) is 5.09. The van der Waals surface area contributed by atoms with Crippen LogP contribution in [0.4, 0.5) is 0 Å². The molecule has 1 fully saturated rings. The first-order valence-electron chi connectivity index (χ1n) is 6.88. The van der Waals surface area contributed by atoms with Crippen LogP contribution in [0.2, 0.25) is 0 Å². The van der Waals surface area contributed by atoms with E-state index in [-0.39, 0.29) is 0 Å². The van der Waals surface area contributed by atoms with Crippen LogP contribution in [0.5, 0.6) is 0 Å². The molecule has 0 aromatic carbocycles. The Bertz CT molecular complexity index is 126. The zero-order valence-electron chi connectivity index (χ0n) is 10.2. The van der Waals surface area contributed by atoms with Gasteiger partial charge in [-0.25, -0.2) is 0 Å². The molecule has 1 rings (SSSR count). The summed E-state index contributed by atoms with van der Waals surface area (Å²) in [7, 11) is 0. The summed E-state index contributed by atoms with van der Waals surface area (Å²) >= 11 is 0. The highest BCUT2D eigenvalue weighted by Crippen LogP contribution is 2.36. The Morgan fingerprint density at radius 1 is 0.786 bits per heavy atom. The summed E-state index contributed by atoms with van der Waals surface area (Å²) in [6, 6.07) is 0. The first-order chi connectivity index (χ1) is 6.88. The van der Waals surface area contributed by atoms with Crippen molar-refractivity contribution in [1.82, 2.24) is 0 Å². The molecule has 0 aromatic rings. The average molecular weight is 196 g/mol. The number of hydrogen-bond donors (Lipinski definition) is 0. The van der Waals surface area contributed by atoms with Crippen molar-refractivity contribution in [3.63, 3.8) is 0 Å². The molecule has 0 bridgehead atoms. The van der Waals surface area contributed by atoms with Crippen LogP contribution in [0.15, 0.2) is 0 Å². The SMILES string of the molecule is CCCCCC1CCCCC1CCC. The monoisotopic (exact) mass is 196 g/mol. The number of hydrogen-bond acceptors (Lipinski definition) is 0.